The van der Waals surface area contributed by atoms with Crippen molar-refractivity contribution >= 4 is 23.3 Å². The lowest BCUT2D eigenvalue weighted by molar-refractivity contribution is -0.136. The zero-order valence-electron chi connectivity index (χ0n) is 9.96. The van der Waals surface area contributed by atoms with Gasteiger partial charge in [0.25, 0.3) is 5.91 Å². The van der Waals surface area contributed by atoms with Gasteiger partial charge in [-0.05, 0) is 30.2 Å². The number of methoxy groups -OCH3 is 1. The van der Waals surface area contributed by atoms with Gasteiger partial charge in [0.2, 0.25) is 5.78 Å². The van der Waals surface area contributed by atoms with Crippen LogP contribution in [0, 0.1) is 6.92 Å². The highest BCUT2D eigenvalue weighted by Crippen LogP contribution is 2.27. The number of hydrogen-bond acceptors (Lipinski definition) is 3. The van der Waals surface area contributed by atoms with Gasteiger partial charge in [0.1, 0.15) is 5.75 Å². The number of carbonyl (C=O) groups excluding carboxylic acids is 2. The molecule has 1 rings (SSSR count). The van der Waals surface area contributed by atoms with Gasteiger partial charge < -0.3 is 10.1 Å². The average molecular weight is 256 g/mol. The number of hydrogen-bond donors (Lipinski definition) is 1. The molecule has 1 aromatic carbocycles. The molecule has 0 saturated carbocycles. The number of rotatable bonds is 4. The number of ketones is 1. The lowest BCUT2D eigenvalue weighted by atomic mass is 10.1. The Morgan fingerprint density at radius 1 is 1.41 bits per heavy atom. The first-order valence-electron chi connectivity index (χ1n) is 5.07. The Balaban J connectivity index is 2.82. The summed E-state index contributed by atoms with van der Waals surface area (Å²) in [5.74, 6) is -0.524. The van der Waals surface area contributed by atoms with Crippen LogP contribution in [0.15, 0.2) is 12.1 Å². The van der Waals surface area contributed by atoms with Crippen molar-refractivity contribution in [2.24, 2.45) is 0 Å². The van der Waals surface area contributed by atoms with Crippen molar-refractivity contribution in [2.45, 2.75) is 20.4 Å². The molecule has 0 atom stereocenters. The zero-order valence-corrected chi connectivity index (χ0v) is 10.7. The van der Waals surface area contributed by atoms with E-state index in [1.165, 1.54) is 14.0 Å². The highest BCUT2D eigenvalue weighted by Gasteiger charge is 2.10. The quantitative estimate of drug-likeness (QED) is 0.836. The van der Waals surface area contributed by atoms with Gasteiger partial charge in [-0.2, -0.15) is 0 Å². The molecule has 0 unspecified atom stereocenters. The molecule has 0 radical (unpaired) electrons. The summed E-state index contributed by atoms with van der Waals surface area (Å²) < 4.78 is 5.07. The number of nitrogens with one attached hydrogen (secondary N) is 1. The SMILES string of the molecule is COc1cc(C)c(CNC(=O)C(C)=O)cc1Cl. The number of aryl methyl sites for hydroxylation is 1. The maximum Gasteiger partial charge on any atom is 0.287 e. The Bertz CT molecular complexity index is 457. The number of ether oxygens (including phenoxy) is 1. The second kappa shape index (κ2) is 5.68. The summed E-state index contributed by atoms with van der Waals surface area (Å²) in [6.45, 7) is 3.38. The molecule has 4 nitrogen and oxygen atoms in total. The Kier molecular flexibility index (Phi) is 4.52. The molecule has 1 amide bonds. The van der Waals surface area contributed by atoms with E-state index in [4.69, 9.17) is 16.3 Å². The number of carbonyl (C=O) groups is 2. The minimum absolute atomic E-state index is 0.272. The topological polar surface area (TPSA) is 55.4 Å². The van der Waals surface area contributed by atoms with Gasteiger partial charge >= 0.3 is 0 Å². The highest BCUT2D eigenvalue weighted by atomic mass is 35.5. The van der Waals surface area contributed by atoms with Gasteiger partial charge in [0.15, 0.2) is 0 Å². The fourth-order valence-electron chi connectivity index (χ4n) is 1.34. The van der Waals surface area contributed by atoms with Gasteiger partial charge in [-0.3, -0.25) is 9.59 Å². The summed E-state index contributed by atoms with van der Waals surface area (Å²) in [6, 6.07) is 3.51. The number of amides is 1. The summed E-state index contributed by atoms with van der Waals surface area (Å²) in [7, 11) is 1.54. The van der Waals surface area contributed by atoms with E-state index in [2.05, 4.69) is 5.32 Å². The fourth-order valence-corrected chi connectivity index (χ4v) is 1.61. The van der Waals surface area contributed by atoms with E-state index in [-0.39, 0.29) is 6.54 Å². The smallest absolute Gasteiger partial charge is 0.287 e. The third kappa shape index (κ3) is 3.46. The Labute approximate surface area is 105 Å². The molecule has 0 aromatic heterocycles. The van der Waals surface area contributed by atoms with Crippen LogP contribution in [0.2, 0.25) is 5.02 Å². The van der Waals surface area contributed by atoms with Crippen molar-refractivity contribution in [1.29, 1.82) is 0 Å². The van der Waals surface area contributed by atoms with E-state index in [0.717, 1.165) is 11.1 Å². The van der Waals surface area contributed by atoms with Crippen LogP contribution < -0.4 is 10.1 Å². The largest absolute Gasteiger partial charge is 0.495 e. The van der Waals surface area contributed by atoms with E-state index in [9.17, 15) is 9.59 Å². The molecule has 17 heavy (non-hydrogen) atoms. The summed E-state index contributed by atoms with van der Waals surface area (Å²) in [6.07, 6.45) is 0. The monoisotopic (exact) mass is 255 g/mol. The predicted molar refractivity (Wildman–Crippen MR) is 65.3 cm³/mol. The first-order chi connectivity index (χ1) is 7.95. The molecular formula is C12H14ClNO3. The second-order valence-corrected chi connectivity index (χ2v) is 4.06. The van der Waals surface area contributed by atoms with E-state index >= 15 is 0 Å². The maximum atomic E-state index is 11.1. The fraction of sp³-hybridized carbons (Fsp3) is 0.333. The Morgan fingerprint density at radius 2 is 2.06 bits per heavy atom. The van der Waals surface area contributed by atoms with Gasteiger partial charge in [-0.1, -0.05) is 11.6 Å². The van der Waals surface area contributed by atoms with Gasteiger partial charge in [0, 0.05) is 13.5 Å². The molecule has 0 aliphatic heterocycles. The second-order valence-electron chi connectivity index (χ2n) is 3.65. The van der Waals surface area contributed by atoms with Gasteiger partial charge in [-0.25, -0.2) is 0 Å². The van der Waals surface area contributed by atoms with E-state index in [1.807, 2.05) is 6.92 Å². The van der Waals surface area contributed by atoms with Crippen molar-refractivity contribution in [2.75, 3.05) is 7.11 Å². The molecule has 0 aliphatic carbocycles. The van der Waals surface area contributed by atoms with Crippen LogP contribution in [0.5, 0.6) is 5.75 Å². The molecule has 0 fully saturated rings. The summed E-state index contributed by atoms with van der Waals surface area (Å²) in [5.41, 5.74) is 1.79. The van der Waals surface area contributed by atoms with Crippen LogP contribution in [0.4, 0.5) is 0 Å². The zero-order chi connectivity index (χ0) is 13.0. The van der Waals surface area contributed by atoms with Crippen molar-refractivity contribution in [3.05, 3.63) is 28.3 Å². The average Bonchev–Trinajstić information content (AvgIpc) is 2.29. The van der Waals surface area contributed by atoms with E-state index in [0.29, 0.717) is 10.8 Å². The lowest BCUT2D eigenvalue weighted by Gasteiger charge is -2.10. The number of halogens is 1. The van der Waals surface area contributed by atoms with E-state index < -0.39 is 11.7 Å². The first kappa shape index (κ1) is 13.5. The number of benzene rings is 1. The van der Waals surface area contributed by atoms with Crippen LogP contribution >= 0.6 is 11.6 Å². The molecular weight excluding hydrogens is 242 g/mol. The van der Waals surface area contributed by atoms with Crippen LogP contribution in [0.3, 0.4) is 0 Å². The van der Waals surface area contributed by atoms with E-state index in [1.54, 1.807) is 12.1 Å². The Morgan fingerprint density at radius 3 is 2.59 bits per heavy atom. The Hall–Kier alpha value is -1.55. The van der Waals surface area contributed by atoms with Crippen molar-refractivity contribution in [3.63, 3.8) is 0 Å². The summed E-state index contributed by atoms with van der Waals surface area (Å²) in [5, 5.41) is 2.99. The molecule has 0 spiro atoms. The molecule has 0 saturated heterocycles. The van der Waals surface area contributed by atoms with Crippen LogP contribution in [-0.4, -0.2) is 18.8 Å². The summed E-state index contributed by atoms with van der Waals surface area (Å²) in [4.78, 5) is 21.9. The molecule has 1 N–H and O–H groups in total. The van der Waals surface area contributed by atoms with Gasteiger partial charge in [0.05, 0.1) is 12.1 Å². The van der Waals surface area contributed by atoms with Crippen molar-refractivity contribution < 1.29 is 14.3 Å². The van der Waals surface area contributed by atoms with Gasteiger partial charge in [-0.15, -0.1) is 0 Å². The number of Topliss-reactive ketones (excluding diaryl/α,β-unsaturated/α-hetero) is 1. The molecule has 1 aromatic rings. The minimum atomic E-state index is -0.601. The lowest BCUT2D eigenvalue weighted by Crippen LogP contribution is -2.28. The molecule has 0 bridgehead atoms. The molecule has 0 heterocycles. The molecule has 92 valence electrons. The third-order valence-corrected chi connectivity index (χ3v) is 2.66. The molecule has 0 aliphatic rings. The first-order valence-corrected chi connectivity index (χ1v) is 5.45. The predicted octanol–water partition coefficient (Wildman–Crippen LogP) is 1.86. The van der Waals surface area contributed by atoms with Crippen LogP contribution in [0.1, 0.15) is 18.1 Å². The van der Waals surface area contributed by atoms with Crippen LogP contribution in [-0.2, 0) is 16.1 Å². The highest BCUT2D eigenvalue weighted by molar-refractivity contribution is 6.35. The van der Waals surface area contributed by atoms with Crippen molar-refractivity contribution in [3.8, 4) is 5.75 Å². The maximum absolute atomic E-state index is 11.1. The van der Waals surface area contributed by atoms with Crippen LogP contribution in [0.25, 0.3) is 0 Å². The van der Waals surface area contributed by atoms with Crippen molar-refractivity contribution in [1.82, 2.24) is 5.32 Å². The third-order valence-electron chi connectivity index (χ3n) is 2.37. The normalized spacial score (nSPS) is 9.88. The minimum Gasteiger partial charge on any atom is -0.495 e. The summed E-state index contributed by atoms with van der Waals surface area (Å²) >= 11 is 5.97. The molecule has 5 heteroatoms. The standard InChI is InChI=1S/C12H14ClNO3/c1-7-4-11(17-3)10(13)5-9(7)6-14-12(16)8(2)15/h4-5H,6H2,1-3H3,(H,14,16).